The number of nitro groups is 1. The molecule has 0 atom stereocenters. The Morgan fingerprint density at radius 1 is 1.53 bits per heavy atom. The van der Waals surface area contributed by atoms with Crippen LogP contribution in [-0.2, 0) is 6.54 Å². The van der Waals surface area contributed by atoms with E-state index in [1.165, 1.54) is 0 Å². The number of nitrogen functional groups attached to an aromatic ring is 1. The molecule has 0 aliphatic rings. The Hall–Kier alpha value is -2.10. The van der Waals surface area contributed by atoms with E-state index in [1.54, 1.807) is 0 Å². The van der Waals surface area contributed by atoms with Gasteiger partial charge >= 0.3 is 12.2 Å². The summed E-state index contributed by atoms with van der Waals surface area (Å²) in [5.41, 5.74) is 9.35. The molecule has 0 amide bonds. The molecule has 0 bridgehead atoms. The van der Waals surface area contributed by atoms with E-state index in [2.05, 4.69) is 9.72 Å². The van der Waals surface area contributed by atoms with Gasteiger partial charge in [0.05, 0.1) is 0 Å². The molecule has 0 radical (unpaired) electrons. The Labute approximate surface area is 92.3 Å². The second-order valence-corrected chi connectivity index (χ2v) is 2.85. The van der Waals surface area contributed by atoms with Crippen LogP contribution >= 0.6 is 0 Å². The third kappa shape index (κ3) is 2.93. The lowest BCUT2D eigenvalue weighted by Gasteiger charge is -2.13. The number of halogens is 3. The van der Waals surface area contributed by atoms with Crippen molar-refractivity contribution >= 4 is 11.5 Å². The molecule has 0 saturated heterocycles. The fourth-order valence-corrected chi connectivity index (χ4v) is 1.12. The van der Waals surface area contributed by atoms with Crippen LogP contribution in [0.25, 0.3) is 0 Å². The summed E-state index contributed by atoms with van der Waals surface area (Å²) in [4.78, 5) is 12.8. The summed E-state index contributed by atoms with van der Waals surface area (Å²) in [5.74, 6) is -1.71. The van der Waals surface area contributed by atoms with Crippen molar-refractivity contribution in [2.45, 2.75) is 12.9 Å². The topological polar surface area (TPSA) is 117 Å². The highest BCUT2D eigenvalue weighted by Crippen LogP contribution is 2.35. The van der Waals surface area contributed by atoms with Gasteiger partial charge in [-0.05, 0) is 9.91 Å². The number of ether oxygens (including phenoxy) is 1. The van der Waals surface area contributed by atoms with E-state index in [0.717, 1.165) is 0 Å². The number of anilines is 1. The third-order valence-corrected chi connectivity index (χ3v) is 1.73. The quantitative estimate of drug-likeness (QED) is 0.610. The van der Waals surface area contributed by atoms with Crippen LogP contribution in [0, 0.1) is 10.1 Å². The number of hydrogen-bond acceptors (Lipinski definition) is 6. The highest BCUT2D eigenvalue weighted by molar-refractivity contribution is 5.60. The van der Waals surface area contributed by atoms with Crippen LogP contribution in [0.1, 0.15) is 5.56 Å². The van der Waals surface area contributed by atoms with Gasteiger partial charge < -0.3 is 26.3 Å². The van der Waals surface area contributed by atoms with Crippen LogP contribution in [0.5, 0.6) is 5.75 Å². The van der Waals surface area contributed by atoms with Crippen molar-refractivity contribution in [3.05, 3.63) is 21.9 Å². The minimum Gasteiger partial charge on any atom is -0.403 e. The van der Waals surface area contributed by atoms with Gasteiger partial charge in [-0.1, -0.05) is 0 Å². The first-order valence-corrected chi connectivity index (χ1v) is 4.13. The number of nitrogens with two attached hydrogens (primary N) is 2. The van der Waals surface area contributed by atoms with E-state index < -0.39 is 40.6 Å². The van der Waals surface area contributed by atoms with E-state index >= 15 is 0 Å². The van der Waals surface area contributed by atoms with Crippen LogP contribution in [0.2, 0.25) is 0 Å². The number of pyridine rings is 1. The van der Waals surface area contributed by atoms with E-state index in [4.69, 9.17) is 11.5 Å². The minimum atomic E-state index is -5.02. The van der Waals surface area contributed by atoms with E-state index in [1.807, 2.05) is 0 Å². The summed E-state index contributed by atoms with van der Waals surface area (Å²) >= 11 is 0. The molecule has 0 aliphatic carbocycles. The third-order valence-electron chi connectivity index (χ3n) is 1.73. The van der Waals surface area contributed by atoms with Crippen molar-refractivity contribution in [3.63, 3.8) is 0 Å². The number of aromatic nitrogens is 1. The molecule has 7 nitrogen and oxygen atoms in total. The molecule has 0 spiro atoms. The molecular formula is C7H7F3N4O3. The summed E-state index contributed by atoms with van der Waals surface area (Å²) in [6, 6.07) is 0. The van der Waals surface area contributed by atoms with Gasteiger partial charge in [-0.25, -0.2) is 0 Å². The van der Waals surface area contributed by atoms with Gasteiger partial charge in [0, 0.05) is 6.54 Å². The smallest absolute Gasteiger partial charge is 0.403 e. The van der Waals surface area contributed by atoms with Gasteiger partial charge in [0.25, 0.3) is 0 Å². The normalized spacial score (nSPS) is 11.3. The second-order valence-electron chi connectivity index (χ2n) is 2.85. The summed E-state index contributed by atoms with van der Waals surface area (Å²) in [7, 11) is 0. The van der Waals surface area contributed by atoms with Crippen molar-refractivity contribution in [2.24, 2.45) is 5.73 Å². The van der Waals surface area contributed by atoms with E-state index in [-0.39, 0.29) is 0 Å². The Morgan fingerprint density at radius 3 is 2.53 bits per heavy atom. The Kier molecular flexibility index (Phi) is 3.36. The number of hydrogen-bond donors (Lipinski definition) is 2. The van der Waals surface area contributed by atoms with Crippen LogP contribution in [0.15, 0.2) is 6.20 Å². The van der Waals surface area contributed by atoms with E-state index in [0.29, 0.717) is 6.20 Å². The van der Waals surface area contributed by atoms with Crippen molar-refractivity contribution in [1.82, 2.24) is 4.98 Å². The summed E-state index contributed by atoms with van der Waals surface area (Å²) in [6.07, 6.45) is -4.31. The predicted octanol–water partition coefficient (Wildman–Crippen LogP) is 0.929. The molecule has 4 N–H and O–H groups in total. The van der Waals surface area contributed by atoms with Crippen molar-refractivity contribution in [3.8, 4) is 5.75 Å². The van der Waals surface area contributed by atoms with Gasteiger partial charge in [0.1, 0.15) is 11.3 Å². The minimum absolute atomic E-state index is 0.478. The summed E-state index contributed by atoms with van der Waals surface area (Å²) in [6.45, 7) is -0.556. The molecular weight excluding hydrogens is 245 g/mol. The fourth-order valence-electron chi connectivity index (χ4n) is 1.12. The maximum Gasteiger partial charge on any atom is 0.573 e. The summed E-state index contributed by atoms with van der Waals surface area (Å²) in [5, 5.41) is 10.5. The largest absolute Gasteiger partial charge is 0.573 e. The van der Waals surface area contributed by atoms with Crippen LogP contribution in [0.4, 0.5) is 24.7 Å². The standard InChI is InChI=1S/C7H7F3N4O3/c8-7(9,10)17-5-3(1-11)6(14(15)16)13-2-4(5)12/h2H,1,11-12H2. The van der Waals surface area contributed by atoms with Gasteiger partial charge in [-0.15, -0.1) is 13.2 Å². The molecule has 0 aliphatic heterocycles. The lowest BCUT2D eigenvalue weighted by molar-refractivity contribution is -0.390. The molecule has 0 fully saturated rings. The number of alkyl halides is 3. The molecule has 10 heteroatoms. The average Bonchev–Trinajstić information content (AvgIpc) is 2.18. The molecule has 94 valence electrons. The zero-order valence-electron chi connectivity index (χ0n) is 8.19. The predicted molar refractivity (Wildman–Crippen MR) is 49.9 cm³/mol. The maximum absolute atomic E-state index is 12.1. The van der Waals surface area contributed by atoms with E-state index in [9.17, 15) is 23.3 Å². The Morgan fingerprint density at radius 2 is 2.12 bits per heavy atom. The molecule has 1 aromatic rings. The highest BCUT2D eigenvalue weighted by Gasteiger charge is 2.35. The van der Waals surface area contributed by atoms with Gasteiger partial charge in [0.15, 0.2) is 11.9 Å². The Bertz CT molecular complexity index is 449. The van der Waals surface area contributed by atoms with Gasteiger partial charge in [0.2, 0.25) is 0 Å². The van der Waals surface area contributed by atoms with Crippen molar-refractivity contribution in [2.75, 3.05) is 5.73 Å². The fraction of sp³-hybridized carbons (Fsp3) is 0.286. The molecule has 1 rings (SSSR count). The first kappa shape index (κ1) is 13.0. The average molecular weight is 252 g/mol. The summed E-state index contributed by atoms with van der Waals surface area (Å²) < 4.78 is 39.8. The molecule has 17 heavy (non-hydrogen) atoms. The number of nitrogens with zero attached hydrogens (tertiary/aromatic N) is 2. The number of rotatable bonds is 3. The molecule has 1 heterocycles. The monoisotopic (exact) mass is 252 g/mol. The highest BCUT2D eigenvalue weighted by atomic mass is 19.4. The zero-order valence-corrected chi connectivity index (χ0v) is 8.19. The van der Waals surface area contributed by atoms with Crippen molar-refractivity contribution in [1.29, 1.82) is 0 Å². The van der Waals surface area contributed by atoms with Crippen molar-refractivity contribution < 1.29 is 22.8 Å². The maximum atomic E-state index is 12.1. The van der Waals surface area contributed by atoms with Crippen LogP contribution < -0.4 is 16.2 Å². The SMILES string of the molecule is NCc1c([N+](=O)[O-])ncc(N)c1OC(F)(F)F. The van der Waals surface area contributed by atoms with Gasteiger partial charge in [-0.3, -0.25) is 0 Å². The second kappa shape index (κ2) is 4.41. The molecule has 0 aromatic carbocycles. The Balaban J connectivity index is 3.35. The van der Waals surface area contributed by atoms with Gasteiger partial charge in [-0.2, -0.15) is 0 Å². The lowest BCUT2D eigenvalue weighted by atomic mass is 10.2. The lowest BCUT2D eigenvalue weighted by Crippen LogP contribution is -2.20. The molecule has 0 unspecified atom stereocenters. The van der Waals surface area contributed by atoms with Crippen LogP contribution in [0.3, 0.4) is 0 Å². The van der Waals surface area contributed by atoms with Crippen LogP contribution in [-0.4, -0.2) is 16.3 Å². The molecule has 0 saturated carbocycles. The molecule has 1 aromatic heterocycles. The first-order valence-electron chi connectivity index (χ1n) is 4.13. The first-order chi connectivity index (χ1) is 7.76. The zero-order chi connectivity index (χ0) is 13.2.